The van der Waals surface area contributed by atoms with Crippen LogP contribution in [-0.4, -0.2) is 59.3 Å². The Bertz CT molecular complexity index is 913. The van der Waals surface area contributed by atoms with Crippen LogP contribution in [0.2, 0.25) is 0 Å². The number of nitrogens with zero attached hydrogens (tertiary/aromatic N) is 4. The second-order valence-corrected chi connectivity index (χ2v) is 8.27. The van der Waals surface area contributed by atoms with Crippen molar-refractivity contribution in [3.63, 3.8) is 0 Å². The van der Waals surface area contributed by atoms with Gasteiger partial charge < -0.3 is 19.1 Å². The number of piperidine rings is 2. The maximum atomic E-state index is 11.9. The fraction of sp³-hybridized carbons (Fsp3) is 0.565. The van der Waals surface area contributed by atoms with Crippen LogP contribution < -0.4 is 0 Å². The van der Waals surface area contributed by atoms with Gasteiger partial charge in [-0.1, -0.05) is 0 Å². The average Bonchev–Trinajstić information content (AvgIpc) is 3.10. The van der Waals surface area contributed by atoms with Gasteiger partial charge in [-0.2, -0.15) is 5.26 Å². The molecule has 0 spiro atoms. The lowest BCUT2D eigenvalue weighted by molar-refractivity contribution is 0.0663. The largest absolute Gasteiger partial charge is 0.450 e. The molecule has 0 aliphatic carbocycles. The Kier molecular flexibility index (Phi) is 5.77. The van der Waals surface area contributed by atoms with Gasteiger partial charge in [0.2, 0.25) is 0 Å². The summed E-state index contributed by atoms with van der Waals surface area (Å²) in [4.78, 5) is 16.4. The van der Waals surface area contributed by atoms with E-state index in [9.17, 15) is 10.1 Å². The van der Waals surface area contributed by atoms with Gasteiger partial charge in [0.15, 0.2) is 0 Å². The number of carbonyl (C=O) groups is 1. The zero-order valence-corrected chi connectivity index (χ0v) is 17.4. The Morgan fingerprint density at radius 2 is 1.90 bits per heavy atom. The van der Waals surface area contributed by atoms with E-state index in [2.05, 4.69) is 34.8 Å². The predicted molar refractivity (Wildman–Crippen MR) is 113 cm³/mol. The van der Waals surface area contributed by atoms with Gasteiger partial charge in [-0.05, 0) is 75.4 Å². The maximum absolute atomic E-state index is 11.9. The van der Waals surface area contributed by atoms with Gasteiger partial charge in [-0.3, -0.25) is 0 Å². The third-order valence-electron chi connectivity index (χ3n) is 6.63. The summed E-state index contributed by atoms with van der Waals surface area (Å²) >= 11 is 0. The smallest absolute Gasteiger partial charge is 0.409 e. The first kappa shape index (κ1) is 19.8. The molecule has 1 amide bonds. The highest BCUT2D eigenvalue weighted by molar-refractivity contribution is 5.85. The number of aryl methyl sites for hydroxylation is 1. The summed E-state index contributed by atoms with van der Waals surface area (Å²) in [6.07, 6.45) is 6.44. The van der Waals surface area contributed by atoms with Crippen LogP contribution in [0.3, 0.4) is 0 Å². The molecule has 0 saturated carbocycles. The maximum Gasteiger partial charge on any atom is 0.409 e. The molecule has 2 saturated heterocycles. The number of fused-ring (bicyclic) bond motifs is 1. The Hall–Kier alpha value is -2.52. The minimum Gasteiger partial charge on any atom is -0.450 e. The number of ether oxygens (including phenoxy) is 1. The van der Waals surface area contributed by atoms with Crippen molar-refractivity contribution in [1.29, 1.82) is 5.26 Å². The lowest BCUT2D eigenvalue weighted by Crippen LogP contribution is -2.48. The zero-order valence-electron chi connectivity index (χ0n) is 17.4. The molecule has 2 aliphatic heterocycles. The van der Waals surface area contributed by atoms with E-state index in [0.717, 1.165) is 57.4 Å². The summed E-state index contributed by atoms with van der Waals surface area (Å²) in [6, 6.07) is 8.85. The Morgan fingerprint density at radius 1 is 1.17 bits per heavy atom. The molecule has 4 rings (SSSR count). The molecule has 6 heteroatoms. The summed E-state index contributed by atoms with van der Waals surface area (Å²) in [5, 5.41) is 10.5. The van der Waals surface area contributed by atoms with E-state index >= 15 is 0 Å². The van der Waals surface area contributed by atoms with E-state index in [-0.39, 0.29) is 6.09 Å². The molecule has 6 nitrogen and oxygen atoms in total. The number of carbonyl (C=O) groups excluding carboxylic acids is 1. The first-order chi connectivity index (χ1) is 14.1. The number of hydrogen-bond acceptors (Lipinski definition) is 4. The minimum atomic E-state index is -0.169. The first-order valence-electron chi connectivity index (χ1n) is 10.8. The predicted octanol–water partition coefficient (Wildman–Crippen LogP) is 3.85. The van der Waals surface area contributed by atoms with Crippen LogP contribution in [0, 0.1) is 11.3 Å². The van der Waals surface area contributed by atoms with Crippen LogP contribution in [0.15, 0.2) is 24.4 Å². The summed E-state index contributed by atoms with van der Waals surface area (Å²) in [6.45, 7) is 6.09. The number of aromatic nitrogens is 1. The molecule has 0 unspecified atom stereocenters. The highest BCUT2D eigenvalue weighted by atomic mass is 16.6. The Labute approximate surface area is 172 Å². The summed E-state index contributed by atoms with van der Waals surface area (Å²) in [5.41, 5.74) is 3.32. The molecule has 1 aromatic carbocycles. The molecule has 154 valence electrons. The van der Waals surface area contributed by atoms with Gasteiger partial charge in [0.25, 0.3) is 0 Å². The highest BCUT2D eigenvalue weighted by Crippen LogP contribution is 2.35. The number of rotatable bonds is 3. The second kappa shape index (κ2) is 8.46. The normalized spacial score (nSPS) is 19.4. The fourth-order valence-electron chi connectivity index (χ4n) is 5.02. The van der Waals surface area contributed by atoms with E-state index < -0.39 is 0 Å². The molecule has 2 aliphatic rings. The van der Waals surface area contributed by atoms with Crippen molar-refractivity contribution in [2.24, 2.45) is 7.05 Å². The monoisotopic (exact) mass is 394 g/mol. The number of hydrogen-bond donors (Lipinski definition) is 0. The van der Waals surface area contributed by atoms with Gasteiger partial charge in [-0.25, -0.2) is 4.79 Å². The topological polar surface area (TPSA) is 61.5 Å². The molecule has 0 bridgehead atoms. The number of nitriles is 1. The van der Waals surface area contributed by atoms with Crippen molar-refractivity contribution in [1.82, 2.24) is 14.4 Å². The molecule has 0 radical (unpaired) electrons. The molecule has 2 aromatic rings. The highest BCUT2D eigenvalue weighted by Gasteiger charge is 2.31. The molecule has 0 N–H and O–H groups in total. The van der Waals surface area contributed by atoms with Gasteiger partial charge in [0, 0.05) is 43.3 Å². The van der Waals surface area contributed by atoms with Gasteiger partial charge in [0.05, 0.1) is 18.2 Å². The van der Waals surface area contributed by atoms with Crippen LogP contribution in [-0.2, 0) is 11.8 Å². The molecule has 29 heavy (non-hydrogen) atoms. The zero-order chi connectivity index (χ0) is 20.4. The van der Waals surface area contributed by atoms with E-state index in [0.29, 0.717) is 18.6 Å². The van der Waals surface area contributed by atoms with E-state index in [1.54, 1.807) is 0 Å². The number of amides is 1. The third kappa shape index (κ3) is 3.97. The fourth-order valence-corrected chi connectivity index (χ4v) is 5.02. The molecule has 0 atom stereocenters. The van der Waals surface area contributed by atoms with Crippen molar-refractivity contribution in [3.8, 4) is 6.07 Å². The van der Waals surface area contributed by atoms with Gasteiger partial charge >= 0.3 is 6.09 Å². The van der Waals surface area contributed by atoms with E-state index in [1.165, 1.54) is 16.5 Å². The minimum absolute atomic E-state index is 0.169. The standard InChI is InChI=1S/C23H30N4O2/c1-3-29-23(28)27-12-8-19(9-13-27)26-10-6-18(7-11-26)21-16-25(2)22-5-4-17(15-24)14-20(21)22/h4-5,14,16,18-19H,3,6-13H2,1-2H3. The average molecular weight is 395 g/mol. The number of likely N-dealkylation sites (tertiary alicyclic amines) is 2. The quantitative estimate of drug-likeness (QED) is 0.793. The van der Waals surface area contributed by atoms with Crippen LogP contribution >= 0.6 is 0 Å². The summed E-state index contributed by atoms with van der Waals surface area (Å²) in [7, 11) is 2.09. The van der Waals surface area contributed by atoms with Crippen molar-refractivity contribution < 1.29 is 9.53 Å². The molecule has 2 fully saturated rings. The Balaban J connectivity index is 1.38. The van der Waals surface area contributed by atoms with Crippen LogP contribution in [0.1, 0.15) is 49.7 Å². The number of benzene rings is 1. The Morgan fingerprint density at radius 3 is 2.55 bits per heavy atom. The molecule has 1 aromatic heterocycles. The lowest BCUT2D eigenvalue weighted by atomic mass is 9.87. The van der Waals surface area contributed by atoms with Crippen molar-refractivity contribution in [2.75, 3.05) is 32.8 Å². The summed E-state index contributed by atoms with van der Waals surface area (Å²) in [5.74, 6) is 0.545. The lowest BCUT2D eigenvalue weighted by Gasteiger charge is -2.41. The first-order valence-corrected chi connectivity index (χ1v) is 10.8. The molecule has 3 heterocycles. The van der Waals surface area contributed by atoms with E-state index in [4.69, 9.17) is 4.74 Å². The van der Waals surface area contributed by atoms with Gasteiger partial charge in [-0.15, -0.1) is 0 Å². The van der Waals surface area contributed by atoms with Crippen LogP contribution in [0.5, 0.6) is 0 Å². The summed E-state index contributed by atoms with van der Waals surface area (Å²) < 4.78 is 7.31. The van der Waals surface area contributed by atoms with Crippen LogP contribution in [0.4, 0.5) is 4.79 Å². The molecular weight excluding hydrogens is 364 g/mol. The van der Waals surface area contributed by atoms with Crippen molar-refractivity contribution in [2.45, 2.75) is 44.6 Å². The second-order valence-electron chi connectivity index (χ2n) is 8.27. The van der Waals surface area contributed by atoms with Gasteiger partial charge in [0.1, 0.15) is 0 Å². The van der Waals surface area contributed by atoms with Crippen molar-refractivity contribution in [3.05, 3.63) is 35.5 Å². The SMILES string of the molecule is CCOC(=O)N1CCC(N2CCC(c3cn(C)c4ccc(C#N)cc34)CC2)CC1. The van der Waals surface area contributed by atoms with Crippen LogP contribution in [0.25, 0.3) is 10.9 Å². The van der Waals surface area contributed by atoms with E-state index in [1.807, 2.05) is 24.0 Å². The molecular formula is C23H30N4O2. The third-order valence-corrected chi connectivity index (χ3v) is 6.63. The van der Waals surface area contributed by atoms with Crippen molar-refractivity contribution >= 4 is 17.0 Å².